The van der Waals surface area contributed by atoms with Gasteiger partial charge in [-0.2, -0.15) is 26.3 Å². The summed E-state index contributed by atoms with van der Waals surface area (Å²) in [6.45, 7) is 4.72. The van der Waals surface area contributed by atoms with E-state index in [9.17, 15) is 35.5 Å². The van der Waals surface area contributed by atoms with Gasteiger partial charge in [-0.1, -0.05) is 18.2 Å². The average molecular weight is 534 g/mol. The normalized spacial score (nSPS) is 21.5. The lowest BCUT2D eigenvalue weighted by molar-refractivity contribution is -0.209. The first-order valence-corrected chi connectivity index (χ1v) is 11.3. The molecule has 0 radical (unpaired) electrons. The minimum Gasteiger partial charge on any atom is -0.370 e. The standard InChI is InChI=1S/C26H25F7O4/c1-3-9-35-14-22(34)21-8-10-36-24(23(21)16-4-6-20(27)7-5-16)37-15(2)17-11-18(25(28,29)30)13-19(12-17)26(31,32)33/h3-7,11-13,15,21,23-24H,1,8-10,14H2,2H3/t15?,21-,23-,24?/m0/s1. The first kappa shape index (κ1) is 28.8. The van der Waals surface area contributed by atoms with Crippen LogP contribution in [0.2, 0.25) is 0 Å². The summed E-state index contributed by atoms with van der Waals surface area (Å²) >= 11 is 0. The first-order chi connectivity index (χ1) is 17.3. The Labute approximate surface area is 209 Å². The Morgan fingerprint density at radius 2 is 1.68 bits per heavy atom. The maximum atomic E-state index is 13.6. The molecule has 1 aliphatic rings. The fourth-order valence-electron chi connectivity index (χ4n) is 4.19. The number of ketones is 1. The van der Waals surface area contributed by atoms with Gasteiger partial charge in [0, 0.05) is 11.8 Å². The summed E-state index contributed by atoms with van der Waals surface area (Å²) < 4.78 is 110. The monoisotopic (exact) mass is 534 g/mol. The molecular weight excluding hydrogens is 509 g/mol. The molecule has 2 aromatic carbocycles. The number of hydrogen-bond acceptors (Lipinski definition) is 4. The lowest BCUT2D eigenvalue weighted by Gasteiger charge is -2.38. The highest BCUT2D eigenvalue weighted by atomic mass is 19.4. The number of carbonyl (C=O) groups is 1. The number of benzene rings is 2. The lowest BCUT2D eigenvalue weighted by Crippen LogP contribution is -2.41. The molecule has 1 saturated heterocycles. The summed E-state index contributed by atoms with van der Waals surface area (Å²) in [7, 11) is 0. The molecule has 1 aliphatic heterocycles. The highest BCUT2D eigenvalue weighted by Gasteiger charge is 2.42. The number of rotatable bonds is 9. The van der Waals surface area contributed by atoms with Crippen molar-refractivity contribution < 1.29 is 49.7 Å². The van der Waals surface area contributed by atoms with Crippen molar-refractivity contribution in [1.82, 2.24) is 0 Å². The minimum atomic E-state index is -5.02. The van der Waals surface area contributed by atoms with Gasteiger partial charge in [-0.15, -0.1) is 6.58 Å². The molecule has 0 bridgehead atoms. The Morgan fingerprint density at radius 3 is 2.22 bits per heavy atom. The van der Waals surface area contributed by atoms with E-state index < -0.39 is 53.5 Å². The van der Waals surface area contributed by atoms with Crippen LogP contribution in [0, 0.1) is 11.7 Å². The lowest BCUT2D eigenvalue weighted by atomic mass is 9.79. The maximum Gasteiger partial charge on any atom is 0.416 e. The van der Waals surface area contributed by atoms with Crippen molar-refractivity contribution in [2.45, 2.75) is 44.0 Å². The van der Waals surface area contributed by atoms with Crippen LogP contribution in [0.1, 0.15) is 47.6 Å². The second kappa shape index (κ2) is 11.7. The Hall–Kier alpha value is -2.76. The van der Waals surface area contributed by atoms with E-state index in [4.69, 9.17) is 14.2 Å². The van der Waals surface area contributed by atoms with Gasteiger partial charge in [0.15, 0.2) is 12.1 Å². The number of alkyl halides is 6. The molecule has 37 heavy (non-hydrogen) atoms. The number of halogens is 7. The van der Waals surface area contributed by atoms with Crippen molar-refractivity contribution in [3.8, 4) is 0 Å². The molecule has 2 unspecified atom stereocenters. The molecule has 1 heterocycles. The van der Waals surface area contributed by atoms with E-state index in [0.29, 0.717) is 17.7 Å². The van der Waals surface area contributed by atoms with E-state index in [1.165, 1.54) is 37.3 Å². The van der Waals surface area contributed by atoms with Crippen LogP contribution in [-0.4, -0.2) is 31.9 Å². The van der Waals surface area contributed by atoms with Gasteiger partial charge in [0.2, 0.25) is 0 Å². The summed E-state index contributed by atoms with van der Waals surface area (Å²) in [5, 5.41) is 0. The summed E-state index contributed by atoms with van der Waals surface area (Å²) in [5.74, 6) is -2.37. The third-order valence-corrected chi connectivity index (χ3v) is 6.00. The Morgan fingerprint density at radius 1 is 1.08 bits per heavy atom. The van der Waals surface area contributed by atoms with Crippen molar-refractivity contribution in [1.29, 1.82) is 0 Å². The Bertz CT molecular complexity index is 1050. The number of hydrogen-bond donors (Lipinski definition) is 0. The predicted molar refractivity (Wildman–Crippen MR) is 119 cm³/mol. The molecule has 202 valence electrons. The van der Waals surface area contributed by atoms with Crippen LogP contribution in [-0.2, 0) is 31.4 Å². The fraction of sp³-hybridized carbons (Fsp3) is 0.423. The van der Waals surface area contributed by atoms with E-state index in [2.05, 4.69) is 6.58 Å². The van der Waals surface area contributed by atoms with Crippen LogP contribution in [0.3, 0.4) is 0 Å². The maximum absolute atomic E-state index is 13.6. The molecule has 11 heteroatoms. The van der Waals surface area contributed by atoms with Crippen molar-refractivity contribution in [3.63, 3.8) is 0 Å². The van der Waals surface area contributed by atoms with Crippen molar-refractivity contribution >= 4 is 5.78 Å². The van der Waals surface area contributed by atoms with Crippen LogP contribution in [0.25, 0.3) is 0 Å². The predicted octanol–water partition coefficient (Wildman–Crippen LogP) is 6.86. The average Bonchev–Trinajstić information content (AvgIpc) is 2.83. The topological polar surface area (TPSA) is 44.8 Å². The first-order valence-electron chi connectivity index (χ1n) is 11.3. The minimum absolute atomic E-state index is 0.0343. The van der Waals surface area contributed by atoms with Gasteiger partial charge in [-0.25, -0.2) is 4.39 Å². The van der Waals surface area contributed by atoms with E-state index in [0.717, 1.165) is 0 Å². The van der Waals surface area contributed by atoms with Crippen molar-refractivity contribution in [3.05, 3.63) is 83.2 Å². The molecule has 0 aromatic heterocycles. The zero-order valence-electron chi connectivity index (χ0n) is 19.7. The molecule has 2 aromatic rings. The van der Waals surface area contributed by atoms with E-state index in [1.807, 2.05) is 0 Å². The SMILES string of the molecule is C=CCOCC(=O)[C@@H]1CCOC(OC(C)c2cc(C(F)(F)F)cc(C(F)(F)F)c2)[C@H]1c1ccc(F)cc1. The van der Waals surface area contributed by atoms with Crippen LogP contribution in [0.5, 0.6) is 0 Å². The van der Waals surface area contributed by atoms with Gasteiger partial charge in [0.05, 0.1) is 30.4 Å². The molecule has 4 nitrogen and oxygen atoms in total. The molecule has 0 spiro atoms. The van der Waals surface area contributed by atoms with Gasteiger partial charge in [0.25, 0.3) is 0 Å². The Balaban J connectivity index is 1.94. The van der Waals surface area contributed by atoms with Crippen molar-refractivity contribution in [2.75, 3.05) is 19.8 Å². The number of carbonyl (C=O) groups excluding carboxylic acids is 1. The van der Waals surface area contributed by atoms with Crippen LogP contribution in [0.15, 0.2) is 55.1 Å². The second-order valence-corrected chi connectivity index (χ2v) is 8.60. The van der Waals surface area contributed by atoms with Crippen LogP contribution >= 0.6 is 0 Å². The molecule has 0 amide bonds. The fourth-order valence-corrected chi connectivity index (χ4v) is 4.19. The summed E-state index contributed by atoms with van der Waals surface area (Å²) in [5.41, 5.74) is -2.86. The summed E-state index contributed by atoms with van der Waals surface area (Å²) in [4.78, 5) is 12.9. The van der Waals surface area contributed by atoms with Gasteiger partial charge >= 0.3 is 12.4 Å². The zero-order valence-corrected chi connectivity index (χ0v) is 19.7. The van der Waals surface area contributed by atoms with E-state index in [-0.39, 0.29) is 43.7 Å². The quantitative estimate of drug-likeness (QED) is 0.200. The van der Waals surface area contributed by atoms with E-state index >= 15 is 0 Å². The van der Waals surface area contributed by atoms with Gasteiger partial charge in [0.1, 0.15) is 12.4 Å². The molecule has 0 N–H and O–H groups in total. The molecule has 0 aliphatic carbocycles. The molecule has 4 atom stereocenters. The third-order valence-electron chi connectivity index (χ3n) is 6.00. The van der Waals surface area contributed by atoms with Gasteiger partial charge in [-0.05, 0) is 54.8 Å². The smallest absolute Gasteiger partial charge is 0.370 e. The van der Waals surface area contributed by atoms with Crippen LogP contribution < -0.4 is 0 Å². The highest BCUT2D eigenvalue weighted by molar-refractivity contribution is 5.83. The van der Waals surface area contributed by atoms with Gasteiger partial charge in [-0.3, -0.25) is 4.79 Å². The highest BCUT2D eigenvalue weighted by Crippen LogP contribution is 2.41. The number of ether oxygens (including phenoxy) is 3. The molecule has 3 rings (SSSR count). The second-order valence-electron chi connectivity index (χ2n) is 8.60. The van der Waals surface area contributed by atoms with Gasteiger partial charge < -0.3 is 14.2 Å². The van der Waals surface area contributed by atoms with Crippen molar-refractivity contribution in [2.24, 2.45) is 5.92 Å². The molecular formula is C26H25F7O4. The Kier molecular flexibility index (Phi) is 9.14. The zero-order chi connectivity index (χ0) is 27.4. The summed E-state index contributed by atoms with van der Waals surface area (Å²) in [6.07, 6.45) is -10.8. The third kappa shape index (κ3) is 7.39. The van der Waals surface area contributed by atoms with E-state index in [1.54, 1.807) is 0 Å². The largest absolute Gasteiger partial charge is 0.416 e. The number of Topliss-reactive ketones (excluding diaryl/α,β-unsaturated/α-hetero) is 1. The molecule has 0 saturated carbocycles. The van der Waals surface area contributed by atoms with Crippen LogP contribution in [0.4, 0.5) is 30.7 Å². The summed E-state index contributed by atoms with van der Waals surface area (Å²) in [6, 6.07) is 6.39. The molecule has 1 fully saturated rings.